The van der Waals surface area contributed by atoms with Crippen LogP contribution in [-0.2, 0) is 0 Å². The summed E-state index contributed by atoms with van der Waals surface area (Å²) >= 11 is 0. The van der Waals surface area contributed by atoms with Gasteiger partial charge in [-0.1, -0.05) is 0 Å². The highest BCUT2D eigenvalue weighted by Crippen LogP contribution is 2.10. The van der Waals surface area contributed by atoms with Crippen molar-refractivity contribution in [3.05, 3.63) is 0 Å². The molecule has 0 aromatic carbocycles. The second-order valence-corrected chi connectivity index (χ2v) is 4.41. The van der Waals surface area contributed by atoms with Crippen LogP contribution in [0.5, 0.6) is 0 Å². The molecule has 0 spiro atoms. The van der Waals surface area contributed by atoms with Crippen LogP contribution in [0.4, 0.5) is 0 Å². The maximum atomic E-state index is 9.43. The molecule has 0 heterocycles. The normalized spacial score (nSPS) is 17.7. The minimum absolute atomic E-state index is 0.128. The Labute approximate surface area is 108 Å². The van der Waals surface area contributed by atoms with Gasteiger partial charge in [-0.15, -0.1) is 0 Å². The lowest BCUT2D eigenvalue weighted by atomic mass is 10.1. The zero-order valence-corrected chi connectivity index (χ0v) is 10.8. The summed E-state index contributed by atoms with van der Waals surface area (Å²) in [6.07, 6.45) is -0.192. The van der Waals surface area contributed by atoms with Crippen LogP contribution in [0.15, 0.2) is 10.2 Å². The maximum Gasteiger partial charge on any atom is 0.165 e. The smallest absolute Gasteiger partial charge is 0.165 e. The monoisotopic (exact) mass is 252 g/mol. The first-order valence-electron chi connectivity index (χ1n) is 6.05. The van der Waals surface area contributed by atoms with Gasteiger partial charge in [-0.3, -0.25) is 0 Å². The third-order valence-electron chi connectivity index (χ3n) is 2.49. The van der Waals surface area contributed by atoms with Gasteiger partial charge >= 0.3 is 0 Å². The van der Waals surface area contributed by atoms with Gasteiger partial charge in [0.1, 0.15) is 0 Å². The van der Waals surface area contributed by atoms with E-state index in [4.69, 9.17) is 10.5 Å². The lowest BCUT2D eigenvalue weighted by Gasteiger charge is -2.08. The van der Waals surface area contributed by atoms with Crippen LogP contribution >= 0.6 is 0 Å². The van der Waals surface area contributed by atoms with Crippen molar-refractivity contribution in [1.29, 1.82) is 10.5 Å². The molecule has 0 fully saturated rings. The van der Waals surface area contributed by atoms with Crippen LogP contribution in [0.25, 0.3) is 0 Å². The first kappa shape index (κ1) is 16.5. The molecule has 0 aromatic heterocycles. The summed E-state index contributed by atoms with van der Waals surface area (Å²) in [6, 6.07) is 4.12. The largest absolute Gasteiger partial charge is 0.370 e. The highest BCUT2D eigenvalue weighted by atomic mass is 16.3. The molecule has 6 heteroatoms. The second-order valence-electron chi connectivity index (χ2n) is 4.41. The van der Waals surface area contributed by atoms with Crippen molar-refractivity contribution in [1.82, 2.24) is 0 Å². The van der Waals surface area contributed by atoms with Crippen molar-refractivity contribution in [2.75, 3.05) is 0 Å². The molecule has 0 unspecified atom stereocenters. The Bertz CT molecular complexity index is 300. The Balaban J connectivity index is 3.85. The molecule has 0 amide bonds. The molecule has 6 nitrogen and oxygen atoms in total. The van der Waals surface area contributed by atoms with Gasteiger partial charge in [0.2, 0.25) is 0 Å². The molecule has 0 aliphatic carbocycles. The van der Waals surface area contributed by atoms with Crippen LogP contribution < -0.4 is 0 Å². The van der Waals surface area contributed by atoms with Crippen LogP contribution in [0, 0.1) is 34.5 Å². The number of rotatable bonds is 8. The summed E-state index contributed by atoms with van der Waals surface area (Å²) in [5.74, 6) is -0.257. The fourth-order valence-electron chi connectivity index (χ4n) is 1.20. The highest BCUT2D eigenvalue weighted by Gasteiger charge is 2.08. The third kappa shape index (κ3) is 8.63. The number of hydrogen-bond donors (Lipinski definition) is 2. The fourth-order valence-corrected chi connectivity index (χ4v) is 1.20. The summed E-state index contributed by atoms with van der Waals surface area (Å²) in [5.41, 5.74) is 0. The molecule has 0 saturated carbocycles. The molecule has 18 heavy (non-hydrogen) atoms. The molecule has 0 aliphatic heterocycles. The minimum atomic E-state index is -0.983. The average Bonchev–Trinajstić information content (AvgIpc) is 2.39. The van der Waals surface area contributed by atoms with Crippen molar-refractivity contribution >= 4 is 0 Å². The summed E-state index contributed by atoms with van der Waals surface area (Å²) in [5, 5.41) is 43.1. The van der Waals surface area contributed by atoms with Gasteiger partial charge in [-0.2, -0.15) is 20.8 Å². The quantitative estimate of drug-likeness (QED) is 0.643. The van der Waals surface area contributed by atoms with E-state index in [1.165, 1.54) is 0 Å². The number of hydrogen-bond acceptors (Lipinski definition) is 6. The fraction of sp³-hybridized carbons (Fsp3) is 0.833. The molecule has 0 aliphatic rings. The SMILES string of the molecule is C[C@H](C#N)CC[C@H](O)N=N[C@@H](O)CC[C@@H](C)C#N. The van der Waals surface area contributed by atoms with E-state index in [-0.39, 0.29) is 11.8 Å². The first-order chi connectivity index (χ1) is 8.49. The van der Waals surface area contributed by atoms with E-state index in [9.17, 15) is 10.2 Å². The van der Waals surface area contributed by atoms with Gasteiger partial charge in [-0.25, -0.2) is 0 Å². The lowest BCUT2D eigenvalue weighted by Crippen LogP contribution is -2.08. The van der Waals surface area contributed by atoms with E-state index in [2.05, 4.69) is 22.4 Å². The molecule has 0 rings (SSSR count). The van der Waals surface area contributed by atoms with Crippen molar-refractivity contribution in [3.8, 4) is 12.1 Å². The first-order valence-corrected chi connectivity index (χ1v) is 6.05. The molecular weight excluding hydrogens is 232 g/mol. The number of azo groups is 1. The third-order valence-corrected chi connectivity index (χ3v) is 2.49. The van der Waals surface area contributed by atoms with Crippen LogP contribution in [0.1, 0.15) is 39.5 Å². The zero-order chi connectivity index (χ0) is 14.0. The van der Waals surface area contributed by atoms with Crippen molar-refractivity contribution in [2.45, 2.75) is 52.0 Å². The van der Waals surface area contributed by atoms with Crippen molar-refractivity contribution in [2.24, 2.45) is 22.1 Å². The van der Waals surface area contributed by atoms with E-state index in [0.29, 0.717) is 25.7 Å². The van der Waals surface area contributed by atoms with Gasteiger partial charge in [0.05, 0.1) is 12.1 Å². The van der Waals surface area contributed by atoms with E-state index in [0.717, 1.165) is 0 Å². The Kier molecular flexibility index (Phi) is 8.73. The second kappa shape index (κ2) is 9.52. The minimum Gasteiger partial charge on any atom is -0.370 e. The average molecular weight is 252 g/mol. The van der Waals surface area contributed by atoms with Gasteiger partial charge in [-0.05, 0) is 39.5 Å². The Morgan fingerprint density at radius 1 is 0.833 bits per heavy atom. The predicted molar refractivity (Wildman–Crippen MR) is 64.9 cm³/mol. The summed E-state index contributed by atoms with van der Waals surface area (Å²) in [4.78, 5) is 0. The maximum absolute atomic E-state index is 9.43. The lowest BCUT2D eigenvalue weighted by molar-refractivity contribution is 0.124. The molecule has 0 aromatic rings. The van der Waals surface area contributed by atoms with E-state index in [1.807, 2.05) is 0 Å². The molecular formula is C12H20N4O2. The Morgan fingerprint density at radius 3 is 1.44 bits per heavy atom. The predicted octanol–water partition coefficient (Wildman–Crippen LogP) is 1.96. The van der Waals surface area contributed by atoms with Crippen LogP contribution in [0.3, 0.4) is 0 Å². The number of nitriles is 2. The molecule has 0 bridgehead atoms. The van der Waals surface area contributed by atoms with Gasteiger partial charge in [0.15, 0.2) is 12.5 Å². The van der Waals surface area contributed by atoms with Crippen molar-refractivity contribution in [3.63, 3.8) is 0 Å². The van der Waals surface area contributed by atoms with Crippen LogP contribution in [0.2, 0.25) is 0 Å². The molecule has 0 saturated heterocycles. The van der Waals surface area contributed by atoms with Gasteiger partial charge in [0, 0.05) is 11.8 Å². The molecule has 100 valence electrons. The molecule has 2 N–H and O–H groups in total. The van der Waals surface area contributed by atoms with E-state index >= 15 is 0 Å². The highest BCUT2D eigenvalue weighted by molar-refractivity contribution is 4.79. The zero-order valence-electron chi connectivity index (χ0n) is 10.8. The number of nitrogens with zero attached hydrogens (tertiary/aromatic N) is 4. The molecule has 0 radical (unpaired) electrons. The molecule has 4 atom stereocenters. The van der Waals surface area contributed by atoms with Crippen LogP contribution in [-0.4, -0.2) is 22.7 Å². The topological polar surface area (TPSA) is 113 Å². The van der Waals surface area contributed by atoms with Gasteiger partial charge in [0.25, 0.3) is 0 Å². The summed E-state index contributed by atoms with van der Waals surface area (Å²) < 4.78 is 0. The van der Waals surface area contributed by atoms with Gasteiger partial charge < -0.3 is 10.2 Å². The number of aliphatic hydroxyl groups excluding tert-OH is 2. The standard InChI is InChI=1S/C12H20N4O2/c1-9(7-13)3-5-11(17)15-16-12(18)6-4-10(2)8-14/h9-12,17-18H,3-6H2,1-2H3/t9-,10+,11-,12-/m0/s1. The Morgan fingerprint density at radius 2 is 1.17 bits per heavy atom. The Hall–Kier alpha value is -1.50. The van der Waals surface area contributed by atoms with E-state index < -0.39 is 12.5 Å². The van der Waals surface area contributed by atoms with E-state index in [1.54, 1.807) is 13.8 Å². The number of aliphatic hydroxyl groups is 2. The van der Waals surface area contributed by atoms with Crippen molar-refractivity contribution < 1.29 is 10.2 Å². The summed E-state index contributed by atoms with van der Waals surface area (Å²) in [7, 11) is 0. The summed E-state index contributed by atoms with van der Waals surface area (Å²) in [6.45, 7) is 3.53.